The SMILES string of the molecule is CC(C)(C)c1noc(-c2cccnc2-n2cnc(C(=O)NCCCc3ccccc3)c2)n1. The summed E-state index contributed by atoms with van der Waals surface area (Å²) in [7, 11) is 0. The minimum atomic E-state index is -0.231. The number of pyridine rings is 1. The Hall–Kier alpha value is -3.81. The van der Waals surface area contributed by atoms with Gasteiger partial charge in [0.1, 0.15) is 12.0 Å². The minimum absolute atomic E-state index is 0.220. The van der Waals surface area contributed by atoms with Gasteiger partial charge >= 0.3 is 0 Å². The molecule has 1 aromatic carbocycles. The van der Waals surface area contributed by atoms with E-state index in [1.807, 2.05) is 45.0 Å². The highest BCUT2D eigenvalue weighted by Gasteiger charge is 2.23. The first-order valence-corrected chi connectivity index (χ1v) is 10.6. The lowest BCUT2D eigenvalue weighted by molar-refractivity contribution is 0.0948. The highest BCUT2D eigenvalue weighted by Crippen LogP contribution is 2.27. The molecule has 0 radical (unpaired) electrons. The summed E-state index contributed by atoms with van der Waals surface area (Å²) in [4.78, 5) is 25.7. The summed E-state index contributed by atoms with van der Waals surface area (Å²) >= 11 is 0. The van der Waals surface area contributed by atoms with Gasteiger partial charge in [-0.05, 0) is 30.5 Å². The van der Waals surface area contributed by atoms with Crippen molar-refractivity contribution in [1.82, 2.24) is 30.0 Å². The van der Waals surface area contributed by atoms with Gasteiger partial charge in [-0.3, -0.25) is 9.36 Å². The number of hydrogen-bond donors (Lipinski definition) is 1. The summed E-state index contributed by atoms with van der Waals surface area (Å²) < 4.78 is 7.17. The topological polar surface area (TPSA) is 98.7 Å². The van der Waals surface area contributed by atoms with Crippen LogP contribution in [0.1, 0.15) is 49.1 Å². The van der Waals surface area contributed by atoms with Crippen molar-refractivity contribution < 1.29 is 9.32 Å². The number of hydrogen-bond acceptors (Lipinski definition) is 6. The summed E-state index contributed by atoms with van der Waals surface area (Å²) in [5.41, 5.74) is 2.01. The number of rotatable bonds is 7. The number of aryl methyl sites for hydroxylation is 1. The molecule has 0 saturated carbocycles. The molecule has 0 saturated heterocycles. The van der Waals surface area contributed by atoms with E-state index in [2.05, 4.69) is 37.6 Å². The van der Waals surface area contributed by atoms with Crippen LogP contribution in [0.2, 0.25) is 0 Å². The fourth-order valence-corrected chi connectivity index (χ4v) is 3.19. The molecule has 0 aliphatic heterocycles. The van der Waals surface area contributed by atoms with E-state index < -0.39 is 0 Å². The van der Waals surface area contributed by atoms with Crippen LogP contribution in [0.4, 0.5) is 0 Å². The van der Waals surface area contributed by atoms with E-state index in [0.29, 0.717) is 35.3 Å². The lowest BCUT2D eigenvalue weighted by Crippen LogP contribution is -2.25. The van der Waals surface area contributed by atoms with E-state index in [4.69, 9.17) is 4.52 Å². The van der Waals surface area contributed by atoms with Crippen LogP contribution in [-0.4, -0.2) is 37.1 Å². The van der Waals surface area contributed by atoms with Gasteiger partial charge in [-0.1, -0.05) is 56.3 Å². The first-order valence-electron chi connectivity index (χ1n) is 10.6. The van der Waals surface area contributed by atoms with E-state index in [9.17, 15) is 4.79 Å². The van der Waals surface area contributed by atoms with Crippen LogP contribution >= 0.6 is 0 Å². The molecule has 0 fully saturated rings. The largest absolute Gasteiger partial charge is 0.351 e. The van der Waals surface area contributed by atoms with Gasteiger partial charge in [0.25, 0.3) is 11.8 Å². The number of aromatic nitrogens is 5. The number of carbonyl (C=O) groups excluding carboxylic acids is 1. The van der Waals surface area contributed by atoms with Crippen LogP contribution in [0.25, 0.3) is 17.3 Å². The zero-order valence-electron chi connectivity index (χ0n) is 18.4. The Bertz CT molecular complexity index is 1190. The Morgan fingerprint density at radius 2 is 1.91 bits per heavy atom. The third-order valence-corrected chi connectivity index (χ3v) is 4.94. The molecule has 0 bridgehead atoms. The van der Waals surface area contributed by atoms with Crippen LogP contribution < -0.4 is 5.32 Å². The third-order valence-electron chi connectivity index (χ3n) is 4.94. The first-order chi connectivity index (χ1) is 15.4. The fraction of sp³-hybridized carbons (Fsp3) is 0.292. The first kappa shape index (κ1) is 21.4. The monoisotopic (exact) mass is 430 g/mol. The van der Waals surface area contributed by atoms with Crippen molar-refractivity contribution in [3.05, 3.63) is 78.3 Å². The summed E-state index contributed by atoms with van der Waals surface area (Å²) in [6, 6.07) is 13.9. The van der Waals surface area contributed by atoms with Crippen LogP contribution in [0.15, 0.2) is 65.7 Å². The Morgan fingerprint density at radius 1 is 1.09 bits per heavy atom. The standard InChI is InChI=1S/C24H26N6O2/c1-24(2,3)23-28-22(32-29-23)18-12-8-13-25-20(18)30-15-19(27-16-30)21(31)26-14-7-11-17-9-5-4-6-10-17/h4-6,8-10,12-13,15-16H,7,11,14H2,1-3H3,(H,26,31). The van der Waals surface area contributed by atoms with Crippen molar-refractivity contribution >= 4 is 5.91 Å². The highest BCUT2D eigenvalue weighted by molar-refractivity contribution is 5.92. The molecule has 4 rings (SSSR count). The molecule has 1 amide bonds. The number of amides is 1. The zero-order valence-corrected chi connectivity index (χ0v) is 18.4. The second-order valence-corrected chi connectivity index (χ2v) is 8.56. The molecule has 3 aromatic heterocycles. The second-order valence-electron chi connectivity index (χ2n) is 8.56. The molecule has 0 atom stereocenters. The normalized spacial score (nSPS) is 11.5. The molecule has 3 heterocycles. The molecule has 8 nitrogen and oxygen atoms in total. The Kier molecular flexibility index (Phi) is 6.11. The van der Waals surface area contributed by atoms with Crippen molar-refractivity contribution in [2.45, 2.75) is 39.0 Å². The van der Waals surface area contributed by atoms with E-state index in [1.54, 1.807) is 29.4 Å². The van der Waals surface area contributed by atoms with Crippen molar-refractivity contribution in [3.8, 4) is 17.3 Å². The summed E-state index contributed by atoms with van der Waals surface area (Å²) in [6.07, 6.45) is 6.65. The molecule has 0 aliphatic rings. The molecule has 4 aromatic rings. The van der Waals surface area contributed by atoms with Gasteiger partial charge in [-0.15, -0.1) is 0 Å². The molecule has 0 aliphatic carbocycles. The zero-order chi connectivity index (χ0) is 22.6. The Labute approximate surface area is 186 Å². The molecule has 0 unspecified atom stereocenters. The summed E-state index contributed by atoms with van der Waals surface area (Å²) in [5.74, 6) is 1.33. The maximum absolute atomic E-state index is 12.5. The minimum Gasteiger partial charge on any atom is -0.351 e. The van der Waals surface area contributed by atoms with Crippen molar-refractivity contribution in [3.63, 3.8) is 0 Å². The van der Waals surface area contributed by atoms with Gasteiger partial charge in [0.05, 0.1) is 5.56 Å². The number of imidazole rings is 1. The quantitative estimate of drug-likeness (QED) is 0.445. The Morgan fingerprint density at radius 3 is 2.66 bits per heavy atom. The lowest BCUT2D eigenvalue weighted by Gasteiger charge is -2.11. The van der Waals surface area contributed by atoms with E-state index in [1.165, 1.54) is 5.56 Å². The molecule has 8 heteroatoms. The van der Waals surface area contributed by atoms with Crippen molar-refractivity contribution in [2.75, 3.05) is 6.54 Å². The van der Waals surface area contributed by atoms with E-state index in [-0.39, 0.29) is 11.3 Å². The van der Waals surface area contributed by atoms with Gasteiger partial charge in [-0.2, -0.15) is 4.98 Å². The van der Waals surface area contributed by atoms with E-state index >= 15 is 0 Å². The number of nitrogens with one attached hydrogen (secondary N) is 1. The molecule has 164 valence electrons. The maximum atomic E-state index is 12.5. The molecule has 0 spiro atoms. The van der Waals surface area contributed by atoms with E-state index in [0.717, 1.165) is 12.8 Å². The average molecular weight is 431 g/mol. The molecular weight excluding hydrogens is 404 g/mol. The Balaban J connectivity index is 1.44. The third kappa shape index (κ3) is 4.91. The van der Waals surface area contributed by atoms with Crippen LogP contribution in [-0.2, 0) is 11.8 Å². The summed E-state index contributed by atoms with van der Waals surface area (Å²) in [5, 5.41) is 7.02. The van der Waals surface area contributed by atoms with Gasteiger partial charge < -0.3 is 9.84 Å². The van der Waals surface area contributed by atoms with Crippen molar-refractivity contribution in [1.29, 1.82) is 0 Å². The lowest BCUT2D eigenvalue weighted by atomic mass is 9.96. The van der Waals surface area contributed by atoms with Crippen molar-refractivity contribution in [2.24, 2.45) is 0 Å². The highest BCUT2D eigenvalue weighted by atomic mass is 16.5. The predicted octanol–water partition coefficient (Wildman–Crippen LogP) is 3.98. The van der Waals surface area contributed by atoms with Crippen LogP contribution in [0.5, 0.6) is 0 Å². The van der Waals surface area contributed by atoms with Gasteiger partial charge in [0, 0.05) is 24.4 Å². The number of carbonyl (C=O) groups is 1. The van der Waals surface area contributed by atoms with Gasteiger partial charge in [0.15, 0.2) is 11.6 Å². The smallest absolute Gasteiger partial charge is 0.271 e. The fourth-order valence-electron chi connectivity index (χ4n) is 3.19. The molecule has 32 heavy (non-hydrogen) atoms. The van der Waals surface area contributed by atoms with Crippen LogP contribution in [0.3, 0.4) is 0 Å². The maximum Gasteiger partial charge on any atom is 0.271 e. The summed E-state index contributed by atoms with van der Waals surface area (Å²) in [6.45, 7) is 6.64. The average Bonchev–Trinajstić information content (AvgIpc) is 3.47. The molecular formula is C24H26N6O2. The number of benzene rings is 1. The van der Waals surface area contributed by atoms with Gasteiger partial charge in [0.2, 0.25) is 0 Å². The second kappa shape index (κ2) is 9.13. The predicted molar refractivity (Wildman–Crippen MR) is 120 cm³/mol. The number of nitrogens with zero attached hydrogens (tertiary/aromatic N) is 5. The van der Waals surface area contributed by atoms with Crippen LogP contribution in [0, 0.1) is 0 Å². The van der Waals surface area contributed by atoms with Gasteiger partial charge in [-0.25, -0.2) is 9.97 Å². The molecule has 1 N–H and O–H groups in total.